The topological polar surface area (TPSA) is 28.5 Å². The molecule has 80 valence electrons. The van der Waals surface area contributed by atoms with Crippen molar-refractivity contribution in [3.8, 4) is 0 Å². The lowest BCUT2D eigenvalue weighted by Crippen LogP contribution is -2.23. The number of nitrogens with zero attached hydrogens (tertiary/aromatic N) is 3. The molecule has 6 heteroatoms. The zero-order valence-corrected chi connectivity index (χ0v) is 10.2. The number of pyridine rings is 1. The third-order valence-electron chi connectivity index (χ3n) is 2.10. The molecule has 1 fully saturated rings. The molecule has 0 aromatic carbocycles. The summed E-state index contributed by atoms with van der Waals surface area (Å²) in [5, 5.41) is 1.40. The van der Waals surface area contributed by atoms with Crippen molar-refractivity contribution in [1.82, 2.24) is 9.88 Å². The van der Waals surface area contributed by atoms with E-state index < -0.39 is 0 Å². The minimum absolute atomic E-state index is 0.515. The summed E-state index contributed by atoms with van der Waals surface area (Å²) in [6.45, 7) is 1.75. The van der Waals surface area contributed by atoms with E-state index in [9.17, 15) is 0 Å². The summed E-state index contributed by atoms with van der Waals surface area (Å²) >= 11 is 12.9. The molecule has 0 N–H and O–H groups in total. The van der Waals surface area contributed by atoms with Gasteiger partial charge >= 0.3 is 0 Å². The lowest BCUT2D eigenvalue weighted by atomic mass is 10.3. The average molecular weight is 262 g/mol. The molecule has 0 spiro atoms. The van der Waals surface area contributed by atoms with Crippen molar-refractivity contribution in [3.05, 3.63) is 29.0 Å². The first-order chi connectivity index (χ1) is 7.29. The lowest BCUT2D eigenvalue weighted by Gasteiger charge is -2.16. The van der Waals surface area contributed by atoms with Crippen molar-refractivity contribution in [2.45, 2.75) is 6.54 Å². The van der Waals surface area contributed by atoms with Crippen molar-refractivity contribution in [2.24, 2.45) is 4.51 Å². The van der Waals surface area contributed by atoms with Crippen LogP contribution in [0.2, 0.25) is 5.15 Å². The summed E-state index contributed by atoms with van der Waals surface area (Å²) in [5.41, 5.74) is 1.11. The van der Waals surface area contributed by atoms with Gasteiger partial charge in [-0.15, -0.1) is 0 Å². The Balaban J connectivity index is 2.05. The van der Waals surface area contributed by atoms with Gasteiger partial charge in [-0.2, -0.15) is 4.51 Å². The highest BCUT2D eigenvalue weighted by molar-refractivity contribution is 8.14. The van der Waals surface area contributed by atoms with Crippen molar-refractivity contribution in [2.75, 3.05) is 12.3 Å². The summed E-state index contributed by atoms with van der Waals surface area (Å²) in [5.74, 6) is 1.03. The van der Waals surface area contributed by atoms with Gasteiger partial charge in [-0.05, 0) is 11.6 Å². The number of halogens is 2. The zero-order chi connectivity index (χ0) is 10.7. The summed E-state index contributed by atoms with van der Waals surface area (Å²) in [6.07, 6.45) is 1.77. The van der Waals surface area contributed by atoms with Crippen molar-refractivity contribution >= 4 is 40.3 Å². The van der Waals surface area contributed by atoms with Crippen molar-refractivity contribution < 1.29 is 0 Å². The molecule has 2 rings (SSSR count). The van der Waals surface area contributed by atoms with Crippen LogP contribution in [-0.2, 0) is 6.54 Å². The monoisotopic (exact) mass is 261 g/mol. The summed E-state index contributed by atoms with van der Waals surface area (Å²) < 4.78 is 3.71. The van der Waals surface area contributed by atoms with Crippen molar-refractivity contribution in [1.29, 1.82) is 0 Å². The number of thioether (sulfide) groups is 1. The Hall–Kier alpha value is -0.450. The van der Waals surface area contributed by atoms with Gasteiger partial charge in [0.15, 0.2) is 5.17 Å². The Morgan fingerprint density at radius 2 is 2.40 bits per heavy atom. The molecule has 0 bridgehead atoms. The van der Waals surface area contributed by atoms with Gasteiger partial charge in [0.25, 0.3) is 0 Å². The minimum atomic E-state index is 0.515. The van der Waals surface area contributed by atoms with Gasteiger partial charge in [-0.3, -0.25) is 0 Å². The van der Waals surface area contributed by atoms with Gasteiger partial charge in [-0.25, -0.2) is 4.98 Å². The van der Waals surface area contributed by atoms with E-state index in [1.54, 1.807) is 24.0 Å². The molecule has 0 saturated carbocycles. The van der Waals surface area contributed by atoms with Crippen LogP contribution in [0.5, 0.6) is 0 Å². The highest BCUT2D eigenvalue weighted by atomic mass is 35.5. The van der Waals surface area contributed by atoms with Crippen LogP contribution in [0.3, 0.4) is 0 Å². The van der Waals surface area contributed by atoms with E-state index in [0.29, 0.717) is 5.15 Å². The van der Waals surface area contributed by atoms with Crippen LogP contribution in [0.15, 0.2) is 22.8 Å². The number of hydrogen-bond acceptors (Lipinski definition) is 3. The van der Waals surface area contributed by atoms with Crippen LogP contribution >= 0.6 is 35.1 Å². The summed E-state index contributed by atoms with van der Waals surface area (Å²) in [6, 6.07) is 3.75. The highest BCUT2D eigenvalue weighted by Gasteiger charge is 2.19. The Labute approximate surface area is 103 Å². The molecule has 3 nitrogen and oxygen atoms in total. The van der Waals surface area contributed by atoms with Crippen LogP contribution in [0, 0.1) is 0 Å². The Morgan fingerprint density at radius 3 is 3.07 bits per heavy atom. The molecule has 1 aliphatic rings. The van der Waals surface area contributed by atoms with E-state index in [2.05, 4.69) is 14.4 Å². The molecule has 0 amide bonds. The molecular formula is C9H9Cl2N3S. The second kappa shape index (κ2) is 5.05. The third-order valence-corrected chi connectivity index (χ3v) is 3.58. The lowest BCUT2D eigenvalue weighted by molar-refractivity contribution is 0.457. The van der Waals surface area contributed by atoms with Gasteiger partial charge in [0.2, 0.25) is 0 Å². The van der Waals surface area contributed by atoms with E-state index >= 15 is 0 Å². The van der Waals surface area contributed by atoms with Crippen LogP contribution in [0.1, 0.15) is 5.56 Å². The summed E-state index contributed by atoms with van der Waals surface area (Å²) in [4.78, 5) is 6.16. The fraction of sp³-hybridized carbons (Fsp3) is 0.333. The maximum Gasteiger partial charge on any atom is 0.178 e. The van der Waals surface area contributed by atoms with Gasteiger partial charge in [0.1, 0.15) is 5.15 Å². The van der Waals surface area contributed by atoms with Crippen LogP contribution in [0.25, 0.3) is 0 Å². The van der Waals surface area contributed by atoms with Crippen LogP contribution in [-0.4, -0.2) is 27.3 Å². The molecule has 1 aliphatic heterocycles. The molecule has 0 atom stereocenters. The predicted octanol–water partition coefficient (Wildman–Crippen LogP) is 2.79. The van der Waals surface area contributed by atoms with Gasteiger partial charge in [0.05, 0.1) is 0 Å². The normalized spacial score (nSPS) is 18.8. The van der Waals surface area contributed by atoms with E-state index in [1.165, 1.54) is 0 Å². The fourth-order valence-electron chi connectivity index (χ4n) is 1.38. The minimum Gasteiger partial charge on any atom is -0.345 e. The molecule has 1 aromatic heterocycles. The van der Waals surface area contributed by atoms with E-state index in [0.717, 1.165) is 29.6 Å². The van der Waals surface area contributed by atoms with Gasteiger partial charge in [0, 0.05) is 36.8 Å². The van der Waals surface area contributed by atoms with E-state index in [4.69, 9.17) is 23.4 Å². The first kappa shape index (κ1) is 11.0. The number of aromatic nitrogens is 1. The summed E-state index contributed by atoms with van der Waals surface area (Å²) in [7, 11) is 0. The van der Waals surface area contributed by atoms with E-state index in [-0.39, 0.29) is 0 Å². The molecule has 1 saturated heterocycles. The smallest absolute Gasteiger partial charge is 0.178 e. The van der Waals surface area contributed by atoms with Crippen molar-refractivity contribution in [3.63, 3.8) is 0 Å². The average Bonchev–Trinajstić information content (AvgIpc) is 2.69. The van der Waals surface area contributed by atoms with E-state index in [1.807, 2.05) is 6.07 Å². The maximum atomic E-state index is 5.71. The standard InChI is InChI=1S/C9H9Cl2N3S/c10-8-2-1-7(5-12-8)6-14-3-4-15-9(14)13-11/h1-2,5H,3-4,6H2/b13-9-. The van der Waals surface area contributed by atoms with Gasteiger partial charge in [-0.1, -0.05) is 29.4 Å². The third kappa shape index (κ3) is 2.77. The molecule has 0 aliphatic carbocycles. The SMILES string of the molecule is Cl/N=C1\SCCN1Cc1ccc(Cl)nc1. The Bertz CT molecular complexity index is 366. The quantitative estimate of drug-likeness (QED) is 0.767. The second-order valence-electron chi connectivity index (χ2n) is 3.13. The first-order valence-electron chi connectivity index (χ1n) is 4.47. The second-order valence-corrected chi connectivity index (χ2v) is 4.74. The number of hydrogen-bond donors (Lipinski definition) is 0. The largest absolute Gasteiger partial charge is 0.345 e. The van der Waals surface area contributed by atoms with Gasteiger partial charge < -0.3 is 4.90 Å². The molecule has 2 heterocycles. The maximum absolute atomic E-state index is 5.71. The first-order valence-corrected chi connectivity index (χ1v) is 6.17. The number of rotatable bonds is 2. The molecule has 1 aromatic rings. The Morgan fingerprint density at radius 1 is 1.53 bits per heavy atom. The van der Waals surface area contributed by atoms with Crippen LogP contribution in [0.4, 0.5) is 0 Å². The molecular weight excluding hydrogens is 253 g/mol. The zero-order valence-electron chi connectivity index (χ0n) is 7.86. The molecule has 15 heavy (non-hydrogen) atoms. The molecule has 0 radical (unpaired) electrons. The number of amidine groups is 1. The van der Waals surface area contributed by atoms with Crippen LogP contribution < -0.4 is 0 Å². The fourth-order valence-corrected chi connectivity index (χ4v) is 2.63. The predicted molar refractivity (Wildman–Crippen MR) is 65.4 cm³/mol. The molecule has 0 unspecified atom stereocenters. The highest BCUT2D eigenvalue weighted by Crippen LogP contribution is 2.21. The Kier molecular flexibility index (Phi) is 3.72.